The fourth-order valence-corrected chi connectivity index (χ4v) is 17.7. The SMILES string of the molecule is CCC[CH2][Sn](/[CH]=C/CCCN=CC(C)C)([CH2]CCC)[CH2]CCC. The van der Waals surface area contributed by atoms with E-state index in [1.807, 2.05) is 0 Å². The van der Waals surface area contributed by atoms with Gasteiger partial charge in [0, 0.05) is 0 Å². The Labute approximate surface area is 151 Å². The van der Waals surface area contributed by atoms with Crippen LogP contribution in [0.3, 0.4) is 0 Å². The zero-order valence-corrected chi connectivity index (χ0v) is 19.6. The minimum atomic E-state index is -2.00. The van der Waals surface area contributed by atoms with Crippen LogP contribution < -0.4 is 0 Å². The molecule has 0 aromatic carbocycles. The van der Waals surface area contributed by atoms with Crippen LogP contribution in [0.4, 0.5) is 0 Å². The molecule has 0 amide bonds. The Balaban J connectivity index is 4.51. The molecule has 0 aliphatic rings. The number of nitrogens with zero attached hydrogens (tertiary/aromatic N) is 1. The molecule has 0 aromatic rings. The number of aliphatic imine (C=N–C) groups is 1. The molecular formula is C21H43NSn. The van der Waals surface area contributed by atoms with Crippen LogP contribution in [0.25, 0.3) is 0 Å². The van der Waals surface area contributed by atoms with Crippen LogP contribution in [0, 0.1) is 5.92 Å². The van der Waals surface area contributed by atoms with E-state index in [0.29, 0.717) is 5.92 Å². The molecule has 0 spiro atoms. The first-order valence-electron chi connectivity index (χ1n) is 10.3. The second kappa shape index (κ2) is 15.7. The van der Waals surface area contributed by atoms with Gasteiger partial charge in [0.2, 0.25) is 0 Å². The summed E-state index contributed by atoms with van der Waals surface area (Å²) in [6, 6.07) is 0. The Bertz CT molecular complexity index is 285. The van der Waals surface area contributed by atoms with Crippen molar-refractivity contribution in [3.8, 4) is 0 Å². The molecule has 0 saturated heterocycles. The summed E-state index contributed by atoms with van der Waals surface area (Å²) in [5, 5.41) is 0. The molecule has 0 rings (SSSR count). The third kappa shape index (κ3) is 13.2. The van der Waals surface area contributed by atoms with E-state index in [-0.39, 0.29) is 0 Å². The third-order valence-corrected chi connectivity index (χ3v) is 18.9. The van der Waals surface area contributed by atoms with E-state index in [4.69, 9.17) is 0 Å². The topological polar surface area (TPSA) is 12.4 Å². The molecule has 0 atom stereocenters. The average Bonchev–Trinajstić information content (AvgIpc) is 2.54. The van der Waals surface area contributed by atoms with Crippen molar-refractivity contribution < 1.29 is 0 Å². The summed E-state index contributed by atoms with van der Waals surface area (Å²) >= 11 is -2.00. The maximum absolute atomic E-state index is 4.51. The van der Waals surface area contributed by atoms with E-state index in [1.165, 1.54) is 51.4 Å². The first-order chi connectivity index (χ1) is 11.1. The average molecular weight is 428 g/mol. The van der Waals surface area contributed by atoms with Crippen LogP contribution in [0.15, 0.2) is 15.2 Å². The summed E-state index contributed by atoms with van der Waals surface area (Å²) in [6.45, 7) is 12.5. The van der Waals surface area contributed by atoms with Gasteiger partial charge in [-0.25, -0.2) is 0 Å². The van der Waals surface area contributed by atoms with Gasteiger partial charge >= 0.3 is 152 Å². The standard InChI is InChI=1S/C9H16N.3C4H9.Sn/c1-4-5-6-7-10-8-9(2)3;3*1-3-4-2;/h1,4,8-9H,5-7H2,2-3H3;3*1,3-4H2,2H3;. The van der Waals surface area contributed by atoms with E-state index in [0.717, 1.165) is 6.54 Å². The Morgan fingerprint density at radius 1 is 0.826 bits per heavy atom. The number of allylic oxidation sites excluding steroid dienone is 1. The van der Waals surface area contributed by atoms with Crippen molar-refractivity contribution in [2.45, 2.75) is 99.3 Å². The molecule has 136 valence electrons. The molecule has 0 aromatic heterocycles. The van der Waals surface area contributed by atoms with Crippen molar-refractivity contribution >= 4 is 24.6 Å². The zero-order chi connectivity index (χ0) is 17.4. The van der Waals surface area contributed by atoms with E-state index in [2.05, 4.69) is 56.0 Å². The monoisotopic (exact) mass is 429 g/mol. The van der Waals surface area contributed by atoms with Gasteiger partial charge in [-0.3, -0.25) is 0 Å². The summed E-state index contributed by atoms with van der Waals surface area (Å²) in [4.78, 5) is 4.51. The molecule has 0 N–H and O–H groups in total. The molecule has 0 radical (unpaired) electrons. The van der Waals surface area contributed by atoms with Crippen LogP contribution in [0.1, 0.15) is 86.0 Å². The van der Waals surface area contributed by atoms with Gasteiger partial charge in [-0.05, 0) is 0 Å². The predicted molar refractivity (Wildman–Crippen MR) is 111 cm³/mol. The van der Waals surface area contributed by atoms with Crippen LogP contribution >= 0.6 is 0 Å². The van der Waals surface area contributed by atoms with E-state index < -0.39 is 18.4 Å². The number of hydrogen-bond donors (Lipinski definition) is 0. The van der Waals surface area contributed by atoms with Gasteiger partial charge in [0.1, 0.15) is 0 Å². The molecule has 0 saturated carbocycles. The van der Waals surface area contributed by atoms with Crippen molar-refractivity contribution in [2.75, 3.05) is 6.54 Å². The first kappa shape index (κ1) is 23.2. The Hall–Kier alpha value is 0.209. The van der Waals surface area contributed by atoms with Crippen molar-refractivity contribution in [1.29, 1.82) is 0 Å². The summed E-state index contributed by atoms with van der Waals surface area (Å²) in [5.74, 6) is 0.589. The zero-order valence-electron chi connectivity index (χ0n) is 16.7. The Morgan fingerprint density at radius 3 is 1.78 bits per heavy atom. The van der Waals surface area contributed by atoms with Crippen LogP contribution in [0.5, 0.6) is 0 Å². The first-order valence-corrected chi connectivity index (χ1v) is 18.0. The fourth-order valence-electron chi connectivity index (χ4n) is 3.13. The molecule has 0 unspecified atom stereocenters. The molecule has 2 heteroatoms. The quantitative estimate of drug-likeness (QED) is 0.146. The predicted octanol–water partition coefficient (Wildman–Crippen LogP) is 7.44. The van der Waals surface area contributed by atoms with Gasteiger partial charge in [-0.1, -0.05) is 0 Å². The second-order valence-electron chi connectivity index (χ2n) is 7.52. The van der Waals surface area contributed by atoms with Gasteiger partial charge in [-0.15, -0.1) is 0 Å². The summed E-state index contributed by atoms with van der Waals surface area (Å²) in [7, 11) is 0. The third-order valence-electron chi connectivity index (χ3n) is 4.62. The van der Waals surface area contributed by atoms with Gasteiger partial charge in [-0.2, -0.15) is 0 Å². The van der Waals surface area contributed by atoms with Gasteiger partial charge in [0.15, 0.2) is 0 Å². The number of rotatable bonds is 15. The molecule has 0 aliphatic heterocycles. The van der Waals surface area contributed by atoms with Gasteiger partial charge in [0.05, 0.1) is 0 Å². The molecule has 23 heavy (non-hydrogen) atoms. The number of unbranched alkanes of at least 4 members (excludes halogenated alkanes) is 4. The van der Waals surface area contributed by atoms with Crippen molar-refractivity contribution in [3.05, 3.63) is 10.2 Å². The Kier molecular flexibility index (Phi) is 15.9. The van der Waals surface area contributed by atoms with Crippen LogP contribution in [0.2, 0.25) is 13.3 Å². The van der Waals surface area contributed by atoms with Crippen LogP contribution in [-0.4, -0.2) is 31.1 Å². The van der Waals surface area contributed by atoms with Crippen molar-refractivity contribution in [2.24, 2.45) is 10.9 Å². The van der Waals surface area contributed by atoms with Gasteiger partial charge in [0.25, 0.3) is 0 Å². The molecule has 1 nitrogen and oxygen atoms in total. The van der Waals surface area contributed by atoms with E-state index >= 15 is 0 Å². The normalized spacial score (nSPS) is 13.0. The molecule has 0 bridgehead atoms. The summed E-state index contributed by atoms with van der Waals surface area (Å²) < 4.78 is 7.58. The Morgan fingerprint density at radius 2 is 1.35 bits per heavy atom. The fraction of sp³-hybridized carbons (Fsp3) is 0.857. The molecular weight excluding hydrogens is 385 g/mol. The minimum absolute atomic E-state index is 0.589. The maximum atomic E-state index is 4.51. The van der Waals surface area contributed by atoms with Crippen molar-refractivity contribution in [1.82, 2.24) is 0 Å². The molecule has 0 heterocycles. The number of hydrogen-bond acceptors (Lipinski definition) is 1. The van der Waals surface area contributed by atoms with Crippen molar-refractivity contribution in [3.63, 3.8) is 0 Å². The van der Waals surface area contributed by atoms with E-state index in [9.17, 15) is 0 Å². The van der Waals surface area contributed by atoms with E-state index in [1.54, 1.807) is 13.3 Å². The summed E-state index contributed by atoms with van der Waals surface area (Å²) in [6.07, 6.45) is 15.6. The van der Waals surface area contributed by atoms with Crippen LogP contribution in [-0.2, 0) is 0 Å². The van der Waals surface area contributed by atoms with Gasteiger partial charge < -0.3 is 0 Å². The molecule has 0 fully saturated rings. The molecule has 0 aliphatic carbocycles. The second-order valence-corrected chi connectivity index (χ2v) is 20.5. The summed E-state index contributed by atoms with van der Waals surface area (Å²) in [5.41, 5.74) is 0.